The summed E-state index contributed by atoms with van der Waals surface area (Å²) in [6, 6.07) is -0.382. The van der Waals surface area contributed by atoms with E-state index in [2.05, 4.69) is 0 Å². The van der Waals surface area contributed by atoms with Crippen molar-refractivity contribution in [1.82, 2.24) is 4.90 Å². The van der Waals surface area contributed by atoms with Crippen LogP contribution >= 0.6 is 0 Å². The molecule has 5 N–H and O–H groups in total. The van der Waals surface area contributed by atoms with Crippen LogP contribution < -0.4 is 11.5 Å². The fraction of sp³-hybridized carbons (Fsp3) is 0.750. The van der Waals surface area contributed by atoms with Gasteiger partial charge >= 0.3 is 5.97 Å². The summed E-state index contributed by atoms with van der Waals surface area (Å²) in [6.07, 6.45) is -0.116. The van der Waals surface area contributed by atoms with Gasteiger partial charge in [0.25, 0.3) is 0 Å². The predicted octanol–water partition coefficient (Wildman–Crippen LogP) is -1.65. The van der Waals surface area contributed by atoms with Crippen LogP contribution in [0.4, 0.5) is 0 Å². The highest BCUT2D eigenvalue weighted by Gasteiger charge is 2.29. The number of carboxylic acid groups (broad SMARTS) is 1. The third kappa shape index (κ3) is 2.68. The molecule has 0 aromatic carbocycles. The lowest BCUT2D eigenvalue weighted by molar-refractivity contribution is -0.140. The molecule has 1 fully saturated rings. The van der Waals surface area contributed by atoms with E-state index in [0.29, 0.717) is 13.1 Å². The molecule has 1 heterocycles. The Morgan fingerprint density at radius 1 is 1.21 bits per heavy atom. The van der Waals surface area contributed by atoms with Gasteiger partial charge in [-0.15, -0.1) is 0 Å². The van der Waals surface area contributed by atoms with E-state index >= 15 is 0 Å². The first-order valence-corrected chi connectivity index (χ1v) is 4.51. The van der Waals surface area contributed by atoms with Crippen LogP contribution in [0, 0.1) is 0 Å². The number of carbonyl (C=O) groups excluding carboxylic acids is 1. The van der Waals surface area contributed by atoms with Gasteiger partial charge in [0.1, 0.15) is 0 Å². The molecule has 0 saturated carbocycles. The van der Waals surface area contributed by atoms with Gasteiger partial charge < -0.3 is 21.5 Å². The van der Waals surface area contributed by atoms with Gasteiger partial charge in [-0.2, -0.15) is 0 Å². The minimum atomic E-state index is -0.967. The van der Waals surface area contributed by atoms with Gasteiger partial charge in [-0.1, -0.05) is 0 Å². The summed E-state index contributed by atoms with van der Waals surface area (Å²) in [6.45, 7) is 0.860. The summed E-state index contributed by atoms with van der Waals surface area (Å²) in [5.41, 5.74) is 11.3. The topological polar surface area (TPSA) is 110 Å². The monoisotopic (exact) mass is 201 g/mol. The number of rotatable bonds is 3. The van der Waals surface area contributed by atoms with Crippen LogP contribution in [0.2, 0.25) is 0 Å². The molecule has 1 amide bonds. The number of hydrogen-bond donors (Lipinski definition) is 3. The van der Waals surface area contributed by atoms with Crippen LogP contribution in [0.1, 0.15) is 12.8 Å². The average Bonchev–Trinajstić information content (AvgIpc) is 2.43. The summed E-state index contributed by atoms with van der Waals surface area (Å²) in [4.78, 5) is 23.1. The van der Waals surface area contributed by atoms with Crippen LogP contribution in [0.5, 0.6) is 0 Å². The molecule has 0 bridgehead atoms. The first kappa shape index (κ1) is 10.9. The molecule has 80 valence electrons. The molecule has 1 saturated heterocycles. The number of aliphatic carboxylic acids is 1. The Bertz CT molecular complexity index is 234. The zero-order valence-electron chi connectivity index (χ0n) is 7.85. The zero-order chi connectivity index (χ0) is 10.7. The molecule has 0 unspecified atom stereocenters. The Labute approximate surface area is 81.8 Å². The number of carboxylic acids is 1. The van der Waals surface area contributed by atoms with Crippen LogP contribution in [0.3, 0.4) is 0 Å². The van der Waals surface area contributed by atoms with Gasteiger partial charge in [-0.25, -0.2) is 0 Å². The van der Waals surface area contributed by atoms with Crippen LogP contribution in [-0.2, 0) is 9.59 Å². The van der Waals surface area contributed by atoms with Crippen LogP contribution in [0.25, 0.3) is 0 Å². The first-order valence-electron chi connectivity index (χ1n) is 4.51. The maximum absolute atomic E-state index is 11.4. The van der Waals surface area contributed by atoms with E-state index in [1.165, 1.54) is 4.90 Å². The minimum Gasteiger partial charge on any atom is -0.481 e. The Morgan fingerprint density at radius 2 is 1.71 bits per heavy atom. The van der Waals surface area contributed by atoms with Crippen molar-refractivity contribution in [2.45, 2.75) is 24.9 Å². The quantitative estimate of drug-likeness (QED) is 0.506. The molecule has 1 aliphatic rings. The fourth-order valence-electron chi connectivity index (χ4n) is 1.43. The Kier molecular flexibility index (Phi) is 3.43. The highest BCUT2D eigenvalue weighted by atomic mass is 16.4. The lowest BCUT2D eigenvalue weighted by atomic mass is 10.2. The molecule has 6 nitrogen and oxygen atoms in total. The van der Waals surface area contributed by atoms with E-state index < -0.39 is 5.97 Å². The molecule has 0 aromatic rings. The second-order valence-electron chi connectivity index (χ2n) is 3.52. The van der Waals surface area contributed by atoms with E-state index in [1.807, 2.05) is 0 Å². The molecule has 0 radical (unpaired) electrons. The van der Waals surface area contributed by atoms with Crippen molar-refractivity contribution >= 4 is 11.9 Å². The molecule has 1 rings (SSSR count). The van der Waals surface area contributed by atoms with Crippen molar-refractivity contribution in [1.29, 1.82) is 0 Å². The largest absolute Gasteiger partial charge is 0.481 e. The highest BCUT2D eigenvalue weighted by molar-refractivity contribution is 5.81. The Balaban J connectivity index is 2.36. The third-order valence-corrected chi connectivity index (χ3v) is 2.32. The van der Waals surface area contributed by atoms with Gasteiger partial charge in [-0.05, 0) is 0 Å². The summed E-state index contributed by atoms with van der Waals surface area (Å²) >= 11 is 0. The van der Waals surface area contributed by atoms with E-state index in [1.54, 1.807) is 0 Å². The van der Waals surface area contributed by atoms with E-state index in [0.717, 1.165) is 0 Å². The van der Waals surface area contributed by atoms with Gasteiger partial charge in [0.15, 0.2) is 0 Å². The van der Waals surface area contributed by atoms with E-state index in [9.17, 15) is 9.59 Å². The maximum atomic E-state index is 11.4. The summed E-state index contributed by atoms with van der Waals surface area (Å²) < 4.78 is 0. The molecule has 14 heavy (non-hydrogen) atoms. The van der Waals surface area contributed by atoms with E-state index in [-0.39, 0.29) is 30.8 Å². The normalized spacial score (nSPS) is 26.6. The number of nitrogens with two attached hydrogens (primary N) is 2. The molecule has 1 aliphatic heterocycles. The number of likely N-dealkylation sites (tertiary alicyclic amines) is 1. The lowest BCUT2D eigenvalue weighted by Gasteiger charge is -2.14. The number of amides is 1. The summed E-state index contributed by atoms with van der Waals surface area (Å²) in [5, 5.41) is 8.39. The fourth-order valence-corrected chi connectivity index (χ4v) is 1.43. The summed E-state index contributed by atoms with van der Waals surface area (Å²) in [7, 11) is 0. The molecule has 6 heteroatoms. The second kappa shape index (κ2) is 4.39. The van der Waals surface area contributed by atoms with Crippen molar-refractivity contribution in [3.05, 3.63) is 0 Å². The molecular weight excluding hydrogens is 186 g/mol. The van der Waals surface area contributed by atoms with Crippen molar-refractivity contribution in [3.63, 3.8) is 0 Å². The first-order chi connectivity index (χ1) is 6.50. The van der Waals surface area contributed by atoms with Crippen molar-refractivity contribution < 1.29 is 14.7 Å². The maximum Gasteiger partial charge on any atom is 0.303 e. The molecular formula is C8H15N3O3. The number of carbonyl (C=O) groups is 2. The van der Waals surface area contributed by atoms with Gasteiger partial charge in [0, 0.05) is 31.6 Å². The standard InChI is InChI=1S/C8H15N3O3/c9-5-3-11(4-6(5)10)7(12)1-2-8(13)14/h5-6H,1-4,9-10H2,(H,13,14)/t5-,6-/m1/s1. The number of hydrogen-bond acceptors (Lipinski definition) is 4. The number of nitrogens with zero attached hydrogens (tertiary/aromatic N) is 1. The van der Waals surface area contributed by atoms with Gasteiger partial charge in [0.05, 0.1) is 6.42 Å². The smallest absolute Gasteiger partial charge is 0.303 e. The Hall–Kier alpha value is -1.14. The van der Waals surface area contributed by atoms with Crippen LogP contribution in [0.15, 0.2) is 0 Å². The second-order valence-corrected chi connectivity index (χ2v) is 3.52. The average molecular weight is 201 g/mol. The molecule has 2 atom stereocenters. The molecule has 0 aromatic heterocycles. The van der Waals surface area contributed by atoms with Gasteiger partial charge in [-0.3, -0.25) is 9.59 Å². The molecule has 0 aliphatic carbocycles. The Morgan fingerprint density at radius 3 is 2.14 bits per heavy atom. The van der Waals surface area contributed by atoms with Crippen molar-refractivity contribution in [2.75, 3.05) is 13.1 Å². The van der Waals surface area contributed by atoms with Crippen molar-refractivity contribution in [2.24, 2.45) is 11.5 Å². The lowest BCUT2D eigenvalue weighted by Crippen LogP contribution is -2.39. The zero-order valence-corrected chi connectivity index (χ0v) is 7.85. The van der Waals surface area contributed by atoms with Gasteiger partial charge in [0.2, 0.25) is 5.91 Å². The summed E-state index contributed by atoms with van der Waals surface area (Å²) in [5.74, 6) is -1.15. The highest BCUT2D eigenvalue weighted by Crippen LogP contribution is 2.08. The molecule has 0 spiro atoms. The predicted molar refractivity (Wildman–Crippen MR) is 49.4 cm³/mol. The van der Waals surface area contributed by atoms with Crippen LogP contribution in [-0.4, -0.2) is 47.1 Å². The van der Waals surface area contributed by atoms with E-state index in [4.69, 9.17) is 16.6 Å². The third-order valence-electron chi connectivity index (χ3n) is 2.32. The SMILES string of the molecule is N[C@@H]1CN(C(=O)CCC(=O)O)C[C@H]1N. The van der Waals surface area contributed by atoms with Crippen molar-refractivity contribution in [3.8, 4) is 0 Å². The minimum absolute atomic E-state index is 0.0226.